The lowest BCUT2D eigenvalue weighted by Gasteiger charge is -2.15. The zero-order valence-corrected chi connectivity index (χ0v) is 19.9. The molecule has 0 bridgehead atoms. The summed E-state index contributed by atoms with van der Waals surface area (Å²) in [4.78, 5) is 31.9. The Morgan fingerprint density at radius 2 is 1.89 bits per heavy atom. The van der Waals surface area contributed by atoms with Crippen molar-refractivity contribution in [1.82, 2.24) is 20.3 Å². The van der Waals surface area contributed by atoms with Gasteiger partial charge in [-0.3, -0.25) is 19.7 Å². The van der Waals surface area contributed by atoms with Gasteiger partial charge in [0.15, 0.2) is 6.10 Å². The Balaban J connectivity index is 1.45. The Labute approximate surface area is 208 Å². The highest BCUT2D eigenvalue weighted by Crippen LogP contribution is 2.30. The van der Waals surface area contributed by atoms with E-state index in [4.69, 9.17) is 4.84 Å². The van der Waals surface area contributed by atoms with Gasteiger partial charge < -0.3 is 10.2 Å². The highest BCUT2D eigenvalue weighted by molar-refractivity contribution is 6.05. The fraction of sp³-hybridized carbons (Fsp3) is 0.179. The van der Waals surface area contributed by atoms with Crippen LogP contribution in [0.1, 0.15) is 58.4 Å². The molecule has 0 saturated heterocycles. The number of pyridine rings is 3. The number of carbonyl (C=O) groups is 1. The Bertz CT molecular complexity index is 1410. The van der Waals surface area contributed by atoms with Crippen molar-refractivity contribution < 1.29 is 14.0 Å². The molecule has 0 aliphatic carbocycles. The van der Waals surface area contributed by atoms with E-state index in [1.807, 2.05) is 43.3 Å². The molecular formula is C28H24FN5O2. The standard InChI is InChI=1S/C28H24FN5O2/c1-17-6-8-24(31-15-17)19-11-20(26-14-27(36-34-26)25-5-3-4-10-30-25)13-21(12-19)28(35)33-18(2)23-9-7-22(29)16-32-23/h3-13,15-16,18,27H,14H2,1-2H3,(H,33,35)/t18-,27-/m1/s1. The normalized spacial score (nSPS) is 15.6. The molecule has 3 aromatic heterocycles. The third-order valence-corrected chi connectivity index (χ3v) is 5.96. The lowest BCUT2D eigenvalue weighted by molar-refractivity contribution is 0.0826. The molecule has 1 aliphatic heterocycles. The molecule has 1 aromatic carbocycles. The van der Waals surface area contributed by atoms with Crippen LogP contribution in [0.5, 0.6) is 0 Å². The molecule has 8 heteroatoms. The highest BCUT2D eigenvalue weighted by Gasteiger charge is 2.26. The number of rotatable bonds is 6. The van der Waals surface area contributed by atoms with Gasteiger partial charge in [0.25, 0.3) is 5.91 Å². The predicted octanol–water partition coefficient (Wildman–Crippen LogP) is 5.34. The van der Waals surface area contributed by atoms with Crippen LogP contribution in [0.25, 0.3) is 11.3 Å². The Morgan fingerprint density at radius 3 is 2.61 bits per heavy atom. The first kappa shape index (κ1) is 23.3. The first-order chi connectivity index (χ1) is 17.5. The molecule has 0 spiro atoms. The second-order valence-electron chi connectivity index (χ2n) is 8.71. The van der Waals surface area contributed by atoms with Crippen LogP contribution in [0.3, 0.4) is 0 Å². The fourth-order valence-electron chi connectivity index (χ4n) is 3.98. The van der Waals surface area contributed by atoms with Crippen LogP contribution in [0.15, 0.2) is 84.4 Å². The number of aromatic nitrogens is 3. The molecule has 0 saturated carbocycles. The third-order valence-electron chi connectivity index (χ3n) is 5.96. The quantitative estimate of drug-likeness (QED) is 0.401. The molecule has 0 unspecified atom stereocenters. The molecule has 5 rings (SSSR count). The Morgan fingerprint density at radius 1 is 1.03 bits per heavy atom. The van der Waals surface area contributed by atoms with Crippen LogP contribution in [0.2, 0.25) is 0 Å². The molecule has 7 nitrogen and oxygen atoms in total. The van der Waals surface area contributed by atoms with Gasteiger partial charge in [-0.05, 0) is 67.9 Å². The van der Waals surface area contributed by atoms with Crippen molar-refractivity contribution >= 4 is 11.6 Å². The Kier molecular flexibility index (Phi) is 6.49. The average molecular weight is 482 g/mol. The van der Waals surface area contributed by atoms with Gasteiger partial charge in [0.05, 0.1) is 35.0 Å². The van der Waals surface area contributed by atoms with Crippen molar-refractivity contribution in [2.45, 2.75) is 32.4 Å². The van der Waals surface area contributed by atoms with Crippen molar-refractivity contribution in [3.63, 3.8) is 0 Å². The van der Waals surface area contributed by atoms with Crippen molar-refractivity contribution in [3.8, 4) is 11.3 Å². The maximum Gasteiger partial charge on any atom is 0.251 e. The summed E-state index contributed by atoms with van der Waals surface area (Å²) in [6.07, 6.45) is 4.88. The molecule has 0 fully saturated rings. The van der Waals surface area contributed by atoms with Crippen molar-refractivity contribution in [1.29, 1.82) is 0 Å². The van der Waals surface area contributed by atoms with E-state index in [9.17, 15) is 9.18 Å². The van der Waals surface area contributed by atoms with Gasteiger partial charge >= 0.3 is 0 Å². The van der Waals surface area contributed by atoms with Gasteiger partial charge in [0.2, 0.25) is 0 Å². The average Bonchev–Trinajstić information content (AvgIpc) is 3.40. The lowest BCUT2D eigenvalue weighted by atomic mass is 9.96. The van der Waals surface area contributed by atoms with E-state index in [1.54, 1.807) is 37.5 Å². The van der Waals surface area contributed by atoms with E-state index >= 15 is 0 Å². The number of oxime groups is 1. The van der Waals surface area contributed by atoms with Crippen LogP contribution in [0.4, 0.5) is 4.39 Å². The minimum absolute atomic E-state index is 0.287. The highest BCUT2D eigenvalue weighted by atomic mass is 19.1. The zero-order valence-electron chi connectivity index (χ0n) is 19.9. The van der Waals surface area contributed by atoms with E-state index in [1.165, 1.54) is 6.07 Å². The van der Waals surface area contributed by atoms with Crippen molar-refractivity contribution in [3.05, 3.63) is 113 Å². The Hall–Kier alpha value is -4.46. The lowest BCUT2D eigenvalue weighted by Crippen LogP contribution is -2.27. The molecule has 4 heterocycles. The number of nitrogens with one attached hydrogen (secondary N) is 1. The zero-order chi connectivity index (χ0) is 25.1. The summed E-state index contributed by atoms with van der Waals surface area (Å²) in [6, 6.07) is 17.6. The van der Waals surface area contributed by atoms with E-state index in [2.05, 4.69) is 25.4 Å². The molecule has 36 heavy (non-hydrogen) atoms. The number of hydrogen-bond donors (Lipinski definition) is 1. The van der Waals surface area contributed by atoms with E-state index < -0.39 is 11.9 Å². The summed E-state index contributed by atoms with van der Waals surface area (Å²) >= 11 is 0. The van der Waals surface area contributed by atoms with Gasteiger partial charge in [0, 0.05) is 35.5 Å². The first-order valence-corrected chi connectivity index (χ1v) is 11.6. The molecule has 1 amide bonds. The number of carbonyl (C=O) groups excluding carboxylic acids is 1. The third kappa shape index (κ3) is 5.12. The number of benzene rings is 1. The van der Waals surface area contributed by atoms with E-state index in [0.717, 1.165) is 40.0 Å². The second-order valence-corrected chi connectivity index (χ2v) is 8.71. The molecular weight excluding hydrogens is 457 g/mol. The first-order valence-electron chi connectivity index (χ1n) is 11.6. The van der Waals surface area contributed by atoms with Crippen LogP contribution >= 0.6 is 0 Å². The van der Waals surface area contributed by atoms with Gasteiger partial charge in [-0.15, -0.1) is 0 Å². The van der Waals surface area contributed by atoms with Gasteiger partial charge in [0.1, 0.15) is 5.82 Å². The molecule has 180 valence electrons. The number of amides is 1. The van der Waals surface area contributed by atoms with Crippen LogP contribution in [-0.2, 0) is 4.84 Å². The van der Waals surface area contributed by atoms with E-state index in [0.29, 0.717) is 17.7 Å². The van der Waals surface area contributed by atoms with Crippen LogP contribution in [0, 0.1) is 12.7 Å². The minimum Gasteiger partial charge on any atom is -0.385 e. The molecule has 4 aromatic rings. The van der Waals surface area contributed by atoms with Crippen molar-refractivity contribution in [2.75, 3.05) is 0 Å². The number of aryl methyl sites for hydroxylation is 1. The van der Waals surface area contributed by atoms with E-state index in [-0.39, 0.29) is 12.0 Å². The summed E-state index contributed by atoms with van der Waals surface area (Å²) in [7, 11) is 0. The van der Waals surface area contributed by atoms with Crippen LogP contribution < -0.4 is 5.32 Å². The number of hydrogen-bond acceptors (Lipinski definition) is 6. The minimum atomic E-state index is -0.427. The van der Waals surface area contributed by atoms with Gasteiger partial charge in [-0.25, -0.2) is 4.39 Å². The largest absolute Gasteiger partial charge is 0.385 e. The predicted molar refractivity (Wildman–Crippen MR) is 134 cm³/mol. The van der Waals surface area contributed by atoms with Gasteiger partial charge in [-0.1, -0.05) is 17.3 Å². The maximum absolute atomic E-state index is 13.3. The van der Waals surface area contributed by atoms with Crippen LogP contribution in [-0.4, -0.2) is 26.6 Å². The summed E-state index contributed by atoms with van der Waals surface area (Å²) < 4.78 is 13.3. The molecule has 1 aliphatic rings. The SMILES string of the molecule is Cc1ccc(-c2cc(C(=O)N[C@H](C)c3ccc(F)cn3)cc(C3=NO[C@@H](c4ccccn4)C3)c2)nc1. The number of halogens is 1. The monoisotopic (exact) mass is 481 g/mol. The van der Waals surface area contributed by atoms with Crippen molar-refractivity contribution in [2.24, 2.45) is 5.16 Å². The summed E-state index contributed by atoms with van der Waals surface area (Å²) in [5.74, 6) is -0.714. The summed E-state index contributed by atoms with van der Waals surface area (Å²) in [5.41, 5.74) is 5.87. The fourth-order valence-corrected chi connectivity index (χ4v) is 3.98. The summed E-state index contributed by atoms with van der Waals surface area (Å²) in [5, 5.41) is 7.26. The molecule has 2 atom stereocenters. The van der Waals surface area contributed by atoms with Gasteiger partial charge in [-0.2, -0.15) is 0 Å². The topological polar surface area (TPSA) is 89.4 Å². The molecule has 0 radical (unpaired) electrons. The summed E-state index contributed by atoms with van der Waals surface area (Å²) in [6.45, 7) is 3.77. The number of nitrogens with zero attached hydrogens (tertiary/aromatic N) is 4. The maximum atomic E-state index is 13.3. The second kappa shape index (κ2) is 10.0. The molecule has 1 N–H and O–H groups in total. The smallest absolute Gasteiger partial charge is 0.251 e.